The Morgan fingerprint density at radius 2 is 1.29 bits per heavy atom. The van der Waals surface area contributed by atoms with Crippen molar-refractivity contribution in [3.8, 4) is 0 Å². The Morgan fingerprint density at radius 1 is 0.762 bits per heavy atom. The highest BCUT2D eigenvalue weighted by Gasteiger charge is 2.28. The maximum Gasteiger partial charge on any atom is 0.0695 e. The molecular weight excluding hydrogens is 260 g/mol. The second kappa shape index (κ2) is 9.81. The number of likely N-dealkylation sites (N-methyl/N-ethyl adjacent to an activating group) is 1. The van der Waals surface area contributed by atoms with Crippen molar-refractivity contribution in [2.45, 2.75) is 83.3 Å². The maximum absolute atomic E-state index is 10.7. The summed E-state index contributed by atoms with van der Waals surface area (Å²) < 4.78 is 0. The van der Waals surface area contributed by atoms with Gasteiger partial charge in [-0.05, 0) is 19.4 Å². The van der Waals surface area contributed by atoms with Gasteiger partial charge in [0.2, 0.25) is 0 Å². The van der Waals surface area contributed by atoms with E-state index in [0.717, 1.165) is 19.5 Å². The van der Waals surface area contributed by atoms with Gasteiger partial charge in [-0.1, -0.05) is 58.3 Å². The van der Waals surface area contributed by atoms with Crippen molar-refractivity contribution < 1.29 is 5.11 Å². The molecular formula is C18H36N2O. The summed E-state index contributed by atoms with van der Waals surface area (Å²) in [5.74, 6) is 0. The minimum absolute atomic E-state index is 0.0994. The number of aliphatic hydroxyl groups excluding tert-OH is 1. The fourth-order valence-corrected chi connectivity index (χ4v) is 3.99. The quantitative estimate of drug-likeness (QED) is 0.847. The molecule has 1 aliphatic carbocycles. The molecule has 0 aromatic rings. The van der Waals surface area contributed by atoms with Crippen molar-refractivity contribution in [1.29, 1.82) is 0 Å². The van der Waals surface area contributed by atoms with E-state index in [1.54, 1.807) is 0 Å². The molecule has 2 unspecified atom stereocenters. The zero-order chi connectivity index (χ0) is 14.9. The number of rotatable bonds is 2. The average molecular weight is 296 g/mol. The minimum Gasteiger partial charge on any atom is -0.391 e. The smallest absolute Gasteiger partial charge is 0.0695 e. The van der Waals surface area contributed by atoms with Gasteiger partial charge in [-0.25, -0.2) is 0 Å². The summed E-state index contributed by atoms with van der Waals surface area (Å²) in [6.07, 6.45) is 12.9. The summed E-state index contributed by atoms with van der Waals surface area (Å²) in [6, 6.07) is 0.420. The summed E-state index contributed by atoms with van der Waals surface area (Å²) >= 11 is 0. The van der Waals surface area contributed by atoms with Crippen LogP contribution in [-0.2, 0) is 0 Å². The van der Waals surface area contributed by atoms with Crippen molar-refractivity contribution in [2.24, 2.45) is 0 Å². The molecule has 0 aromatic heterocycles. The van der Waals surface area contributed by atoms with Crippen molar-refractivity contribution in [3.63, 3.8) is 0 Å². The van der Waals surface area contributed by atoms with Crippen LogP contribution in [0.2, 0.25) is 0 Å². The van der Waals surface area contributed by atoms with E-state index in [1.165, 1.54) is 77.4 Å². The van der Waals surface area contributed by atoms with E-state index in [9.17, 15) is 5.11 Å². The molecule has 1 heterocycles. The lowest BCUT2D eigenvalue weighted by molar-refractivity contribution is 0.00959. The van der Waals surface area contributed by atoms with Crippen LogP contribution in [0.3, 0.4) is 0 Å². The second-order valence-corrected chi connectivity index (χ2v) is 7.01. The molecule has 1 saturated carbocycles. The van der Waals surface area contributed by atoms with E-state index in [1.807, 2.05) is 0 Å². The summed E-state index contributed by atoms with van der Waals surface area (Å²) in [5.41, 5.74) is 0. The molecule has 1 aliphatic heterocycles. The highest BCUT2D eigenvalue weighted by Crippen LogP contribution is 2.22. The predicted octanol–water partition coefficient (Wildman–Crippen LogP) is 3.27. The van der Waals surface area contributed by atoms with E-state index in [0.29, 0.717) is 6.04 Å². The fourth-order valence-electron chi connectivity index (χ4n) is 3.99. The fraction of sp³-hybridized carbons (Fsp3) is 1.00. The highest BCUT2D eigenvalue weighted by molar-refractivity contribution is 4.83. The van der Waals surface area contributed by atoms with Crippen molar-refractivity contribution >= 4 is 0 Å². The molecule has 21 heavy (non-hydrogen) atoms. The Morgan fingerprint density at radius 3 is 1.86 bits per heavy atom. The van der Waals surface area contributed by atoms with Gasteiger partial charge in [0.05, 0.1) is 6.10 Å². The third-order valence-corrected chi connectivity index (χ3v) is 5.52. The van der Waals surface area contributed by atoms with Crippen molar-refractivity contribution in [1.82, 2.24) is 9.80 Å². The van der Waals surface area contributed by atoms with Crippen molar-refractivity contribution in [2.75, 3.05) is 32.7 Å². The Labute approximate surface area is 131 Å². The van der Waals surface area contributed by atoms with Gasteiger partial charge in [0.25, 0.3) is 0 Å². The SMILES string of the molecule is CCN1CCN(C2CCCCCCCCCCC2O)CC1. The lowest BCUT2D eigenvalue weighted by Crippen LogP contribution is -2.53. The van der Waals surface area contributed by atoms with Gasteiger partial charge >= 0.3 is 0 Å². The summed E-state index contributed by atoms with van der Waals surface area (Å²) in [6.45, 7) is 8.08. The molecule has 2 fully saturated rings. The molecule has 2 atom stereocenters. The Bertz CT molecular complexity index is 264. The number of hydrogen-bond donors (Lipinski definition) is 1. The topological polar surface area (TPSA) is 26.7 Å². The van der Waals surface area contributed by atoms with E-state index in [-0.39, 0.29) is 6.10 Å². The molecule has 1 N–H and O–H groups in total. The van der Waals surface area contributed by atoms with Crippen LogP contribution in [0.15, 0.2) is 0 Å². The van der Waals surface area contributed by atoms with Gasteiger partial charge in [-0.3, -0.25) is 4.90 Å². The third kappa shape index (κ3) is 5.88. The standard InChI is InChI=1S/C18H36N2O/c1-2-19-13-15-20(16-14-19)17-11-9-7-5-3-4-6-8-10-12-18(17)21/h17-18,21H,2-16H2,1H3. The van der Waals surface area contributed by atoms with Crippen LogP contribution in [-0.4, -0.2) is 59.8 Å². The van der Waals surface area contributed by atoms with Gasteiger partial charge in [0.1, 0.15) is 0 Å². The first kappa shape index (κ1) is 17.2. The number of hydrogen-bond acceptors (Lipinski definition) is 3. The van der Waals surface area contributed by atoms with Gasteiger partial charge in [-0.15, -0.1) is 0 Å². The predicted molar refractivity (Wildman–Crippen MR) is 89.7 cm³/mol. The average Bonchev–Trinajstić information content (AvgIpc) is 2.51. The molecule has 0 aromatic carbocycles. The number of piperazine rings is 1. The normalized spacial score (nSPS) is 32.3. The third-order valence-electron chi connectivity index (χ3n) is 5.52. The van der Waals surface area contributed by atoms with Gasteiger partial charge in [-0.2, -0.15) is 0 Å². The Kier molecular flexibility index (Phi) is 8.05. The first-order chi connectivity index (χ1) is 10.3. The molecule has 1 saturated heterocycles. The number of nitrogens with zero attached hydrogens (tertiary/aromatic N) is 2. The van der Waals surface area contributed by atoms with Crippen molar-refractivity contribution in [3.05, 3.63) is 0 Å². The second-order valence-electron chi connectivity index (χ2n) is 7.01. The summed E-state index contributed by atoms with van der Waals surface area (Å²) in [4.78, 5) is 5.11. The number of aliphatic hydroxyl groups is 1. The molecule has 3 nitrogen and oxygen atoms in total. The maximum atomic E-state index is 10.7. The summed E-state index contributed by atoms with van der Waals surface area (Å²) in [7, 11) is 0. The molecule has 124 valence electrons. The largest absolute Gasteiger partial charge is 0.391 e. The van der Waals surface area contributed by atoms with Crippen LogP contribution in [0.1, 0.15) is 71.1 Å². The van der Waals surface area contributed by atoms with Crippen LogP contribution >= 0.6 is 0 Å². The molecule has 0 radical (unpaired) electrons. The molecule has 2 rings (SSSR count). The highest BCUT2D eigenvalue weighted by atomic mass is 16.3. The summed E-state index contributed by atoms with van der Waals surface area (Å²) in [5, 5.41) is 10.7. The van der Waals surface area contributed by atoms with Crippen LogP contribution in [0.5, 0.6) is 0 Å². The first-order valence-electron chi connectivity index (χ1n) is 9.45. The van der Waals surface area contributed by atoms with Crippen LogP contribution in [0, 0.1) is 0 Å². The van der Waals surface area contributed by atoms with Gasteiger partial charge in [0, 0.05) is 32.2 Å². The molecule has 3 heteroatoms. The monoisotopic (exact) mass is 296 g/mol. The van der Waals surface area contributed by atoms with Gasteiger partial charge in [0.15, 0.2) is 0 Å². The zero-order valence-electron chi connectivity index (χ0n) is 14.1. The van der Waals surface area contributed by atoms with E-state index in [2.05, 4.69) is 16.7 Å². The van der Waals surface area contributed by atoms with Crippen LogP contribution < -0.4 is 0 Å². The van der Waals surface area contributed by atoms with E-state index in [4.69, 9.17) is 0 Å². The zero-order valence-corrected chi connectivity index (χ0v) is 14.1. The molecule has 2 aliphatic rings. The lowest BCUT2D eigenvalue weighted by Gasteiger charge is -2.41. The Hall–Kier alpha value is -0.120. The lowest BCUT2D eigenvalue weighted by atomic mass is 9.94. The van der Waals surface area contributed by atoms with Crippen LogP contribution in [0.25, 0.3) is 0 Å². The molecule has 0 bridgehead atoms. The minimum atomic E-state index is -0.0994. The van der Waals surface area contributed by atoms with Gasteiger partial charge < -0.3 is 10.0 Å². The first-order valence-corrected chi connectivity index (χ1v) is 9.45. The molecule has 0 amide bonds. The Balaban J connectivity index is 1.86. The van der Waals surface area contributed by atoms with Crippen LogP contribution in [0.4, 0.5) is 0 Å². The molecule has 0 spiro atoms. The van der Waals surface area contributed by atoms with E-state index < -0.39 is 0 Å². The van der Waals surface area contributed by atoms with E-state index >= 15 is 0 Å².